The lowest BCUT2D eigenvalue weighted by Gasteiger charge is -2.36. The summed E-state index contributed by atoms with van der Waals surface area (Å²) in [6.07, 6.45) is 8.57. The number of nitrogens with zero attached hydrogens (tertiary/aromatic N) is 7. The van der Waals surface area contributed by atoms with Gasteiger partial charge in [0.05, 0.1) is 17.3 Å². The van der Waals surface area contributed by atoms with Crippen molar-refractivity contribution in [2.45, 2.75) is 51.0 Å². The van der Waals surface area contributed by atoms with Gasteiger partial charge in [-0.3, -0.25) is 9.59 Å². The average Bonchev–Trinajstić information content (AvgIpc) is 3.68. The molecule has 12 heteroatoms. The summed E-state index contributed by atoms with van der Waals surface area (Å²) in [6.45, 7) is 1.36. The molecule has 2 saturated heterocycles. The number of rotatable bonds is 5. The van der Waals surface area contributed by atoms with Crippen LogP contribution in [0.25, 0.3) is 11.0 Å². The van der Waals surface area contributed by atoms with Crippen molar-refractivity contribution < 1.29 is 19.5 Å². The number of amides is 3. The highest BCUT2D eigenvalue weighted by atomic mass is 16.4. The summed E-state index contributed by atoms with van der Waals surface area (Å²) in [5.41, 5.74) is 1.58. The van der Waals surface area contributed by atoms with Gasteiger partial charge in [-0.1, -0.05) is 12.8 Å². The number of likely N-dealkylation sites (tertiary alicyclic amines) is 1. The van der Waals surface area contributed by atoms with Gasteiger partial charge in [-0.25, -0.2) is 14.8 Å². The third kappa shape index (κ3) is 4.50. The Labute approximate surface area is 232 Å². The number of carbonyl (C=O) groups excluding carboxylic acids is 2. The van der Waals surface area contributed by atoms with E-state index in [2.05, 4.69) is 19.9 Å². The van der Waals surface area contributed by atoms with E-state index < -0.39 is 11.5 Å². The number of carboxylic acid groups (broad SMARTS) is 1. The summed E-state index contributed by atoms with van der Waals surface area (Å²) >= 11 is 0. The molecule has 1 saturated carbocycles. The SMILES string of the molecule is CN(C)C(=O)c1cc2cnc(Nc3ccc(N4CCC5(CCN(C(=O)O)CC5)C4=O)cn3)nc2n1C1CCCC1. The molecule has 40 heavy (non-hydrogen) atoms. The molecule has 0 bridgehead atoms. The van der Waals surface area contributed by atoms with Crippen molar-refractivity contribution in [3.05, 3.63) is 36.3 Å². The van der Waals surface area contributed by atoms with Gasteiger partial charge >= 0.3 is 6.09 Å². The Balaban J connectivity index is 1.20. The van der Waals surface area contributed by atoms with Crippen LogP contribution in [0.1, 0.15) is 61.5 Å². The number of nitrogens with one attached hydrogen (secondary N) is 1. The number of aromatic nitrogens is 4. The molecule has 0 radical (unpaired) electrons. The van der Waals surface area contributed by atoms with E-state index in [1.165, 1.54) is 4.90 Å². The molecular formula is C28H34N8O4. The summed E-state index contributed by atoms with van der Waals surface area (Å²) in [5, 5.41) is 13.2. The molecule has 210 valence electrons. The molecular weight excluding hydrogens is 512 g/mol. The van der Waals surface area contributed by atoms with E-state index in [1.807, 2.05) is 12.1 Å². The first-order chi connectivity index (χ1) is 19.3. The number of hydrogen-bond acceptors (Lipinski definition) is 7. The number of carbonyl (C=O) groups is 3. The summed E-state index contributed by atoms with van der Waals surface area (Å²) in [6, 6.07) is 5.75. The lowest BCUT2D eigenvalue weighted by atomic mass is 9.77. The summed E-state index contributed by atoms with van der Waals surface area (Å²) in [5.74, 6) is 0.921. The van der Waals surface area contributed by atoms with Crippen LogP contribution in [0.5, 0.6) is 0 Å². The maximum atomic E-state index is 13.4. The lowest BCUT2D eigenvalue weighted by molar-refractivity contribution is -0.127. The zero-order valence-electron chi connectivity index (χ0n) is 22.8. The molecule has 0 aromatic carbocycles. The molecule has 0 atom stereocenters. The zero-order chi connectivity index (χ0) is 28.0. The highest BCUT2D eigenvalue weighted by Crippen LogP contribution is 2.43. The van der Waals surface area contributed by atoms with E-state index >= 15 is 0 Å². The van der Waals surface area contributed by atoms with E-state index in [9.17, 15) is 19.5 Å². The van der Waals surface area contributed by atoms with Crippen molar-refractivity contribution in [3.8, 4) is 0 Å². The van der Waals surface area contributed by atoms with Crippen LogP contribution in [-0.4, -0.2) is 86.1 Å². The highest BCUT2D eigenvalue weighted by Gasteiger charge is 2.49. The van der Waals surface area contributed by atoms with Gasteiger partial charge < -0.3 is 29.7 Å². The third-order valence-electron chi connectivity index (χ3n) is 8.69. The minimum atomic E-state index is -0.929. The molecule has 3 aromatic heterocycles. The van der Waals surface area contributed by atoms with Crippen molar-refractivity contribution in [1.82, 2.24) is 29.3 Å². The van der Waals surface area contributed by atoms with Gasteiger partial charge in [0, 0.05) is 51.4 Å². The van der Waals surface area contributed by atoms with Crippen molar-refractivity contribution in [3.63, 3.8) is 0 Å². The van der Waals surface area contributed by atoms with Gasteiger partial charge in [0.2, 0.25) is 11.9 Å². The summed E-state index contributed by atoms with van der Waals surface area (Å²) < 4.78 is 2.07. The number of hydrogen-bond donors (Lipinski definition) is 2. The van der Waals surface area contributed by atoms with E-state index in [0.29, 0.717) is 62.0 Å². The molecule has 3 fully saturated rings. The first-order valence-corrected chi connectivity index (χ1v) is 13.9. The van der Waals surface area contributed by atoms with E-state index in [1.54, 1.807) is 42.4 Å². The second-order valence-electron chi connectivity index (χ2n) is 11.3. The van der Waals surface area contributed by atoms with Crippen LogP contribution in [0, 0.1) is 5.41 Å². The minimum absolute atomic E-state index is 0.0459. The van der Waals surface area contributed by atoms with Crippen LogP contribution in [-0.2, 0) is 4.79 Å². The normalized spacial score (nSPS) is 19.1. The largest absolute Gasteiger partial charge is 0.465 e. The Morgan fingerprint density at radius 2 is 1.77 bits per heavy atom. The zero-order valence-corrected chi connectivity index (χ0v) is 22.8. The molecule has 3 aromatic rings. The maximum Gasteiger partial charge on any atom is 0.407 e. The van der Waals surface area contributed by atoms with Crippen molar-refractivity contribution >= 4 is 46.4 Å². The Bertz CT molecular complexity index is 1450. The van der Waals surface area contributed by atoms with E-state index in [4.69, 9.17) is 4.98 Å². The molecule has 12 nitrogen and oxygen atoms in total. The quantitative estimate of drug-likeness (QED) is 0.492. The standard InChI is InChI=1S/C28H34N8O4/c1-33(2)24(37)21-15-18-16-30-26(32-23(18)36(21)19-5-3-4-6-19)31-22-8-7-20(17-29-22)35-14-11-28(25(35)38)9-12-34(13-10-28)27(39)40/h7-8,15-17,19H,3-6,9-14H2,1-2H3,(H,39,40)(H,29,30,31,32). The topological polar surface area (TPSA) is 137 Å². The summed E-state index contributed by atoms with van der Waals surface area (Å²) in [7, 11) is 3.51. The van der Waals surface area contributed by atoms with Crippen LogP contribution < -0.4 is 10.2 Å². The van der Waals surface area contributed by atoms with Gasteiger partial charge in [0.25, 0.3) is 5.91 Å². The van der Waals surface area contributed by atoms with Gasteiger partial charge in [-0.15, -0.1) is 0 Å². The summed E-state index contributed by atoms with van der Waals surface area (Å²) in [4.78, 5) is 56.1. The second kappa shape index (κ2) is 10.1. The molecule has 3 amide bonds. The Kier molecular flexibility index (Phi) is 6.55. The van der Waals surface area contributed by atoms with Crippen LogP contribution in [0.15, 0.2) is 30.6 Å². The number of pyridine rings is 1. The first kappa shape index (κ1) is 26.0. The van der Waals surface area contributed by atoms with Crippen molar-refractivity contribution in [2.24, 2.45) is 5.41 Å². The predicted molar refractivity (Wildman–Crippen MR) is 149 cm³/mol. The smallest absolute Gasteiger partial charge is 0.407 e. The van der Waals surface area contributed by atoms with Crippen LogP contribution in [0.4, 0.5) is 22.2 Å². The molecule has 2 aliphatic heterocycles. The number of anilines is 3. The van der Waals surface area contributed by atoms with Crippen LogP contribution in [0.3, 0.4) is 0 Å². The predicted octanol–water partition coefficient (Wildman–Crippen LogP) is 3.88. The lowest BCUT2D eigenvalue weighted by Crippen LogP contribution is -2.46. The Morgan fingerprint density at radius 1 is 1.05 bits per heavy atom. The van der Waals surface area contributed by atoms with Gasteiger partial charge in [0.1, 0.15) is 17.2 Å². The van der Waals surface area contributed by atoms with Crippen molar-refractivity contribution in [2.75, 3.05) is 43.9 Å². The number of fused-ring (bicyclic) bond motifs is 1. The molecule has 1 spiro atoms. The van der Waals surface area contributed by atoms with Crippen LogP contribution in [0.2, 0.25) is 0 Å². The Morgan fingerprint density at radius 3 is 2.42 bits per heavy atom. The fraction of sp³-hybridized carbons (Fsp3) is 0.500. The van der Waals surface area contributed by atoms with Crippen molar-refractivity contribution in [1.29, 1.82) is 0 Å². The van der Waals surface area contributed by atoms with E-state index in [-0.39, 0.29) is 17.9 Å². The van der Waals surface area contributed by atoms with Gasteiger partial charge in [-0.05, 0) is 50.3 Å². The Hall–Kier alpha value is -4.22. The third-order valence-corrected chi connectivity index (χ3v) is 8.69. The van der Waals surface area contributed by atoms with Crippen LogP contribution >= 0.6 is 0 Å². The second-order valence-corrected chi connectivity index (χ2v) is 11.3. The molecule has 2 N–H and O–H groups in total. The van der Waals surface area contributed by atoms with Gasteiger partial charge in [0.15, 0.2) is 0 Å². The first-order valence-electron chi connectivity index (χ1n) is 13.9. The monoisotopic (exact) mass is 546 g/mol. The minimum Gasteiger partial charge on any atom is -0.465 e. The molecule has 6 rings (SSSR count). The van der Waals surface area contributed by atoms with E-state index in [0.717, 1.165) is 36.7 Å². The fourth-order valence-electron chi connectivity index (χ4n) is 6.39. The molecule has 1 aliphatic carbocycles. The molecule has 5 heterocycles. The van der Waals surface area contributed by atoms with Gasteiger partial charge in [-0.2, -0.15) is 4.98 Å². The fourth-order valence-corrected chi connectivity index (χ4v) is 6.39. The number of piperidine rings is 1. The molecule has 3 aliphatic rings. The maximum absolute atomic E-state index is 13.4. The molecule has 0 unspecified atom stereocenters. The highest BCUT2D eigenvalue weighted by molar-refractivity contribution is 6.00. The average molecular weight is 547 g/mol.